The van der Waals surface area contributed by atoms with Crippen LogP contribution in [0.5, 0.6) is 0 Å². The monoisotopic (exact) mass is 295 g/mol. The molecule has 0 N–H and O–H groups in total. The van der Waals surface area contributed by atoms with Gasteiger partial charge in [-0.3, -0.25) is 4.99 Å². The van der Waals surface area contributed by atoms with E-state index in [1.807, 2.05) is 27.7 Å². The van der Waals surface area contributed by atoms with Gasteiger partial charge in [-0.25, -0.2) is 0 Å². The van der Waals surface area contributed by atoms with Crippen LogP contribution in [0, 0.1) is 0 Å². The summed E-state index contributed by atoms with van der Waals surface area (Å²) in [5, 5.41) is 16.1. The van der Waals surface area contributed by atoms with Gasteiger partial charge in [0.15, 0.2) is 0 Å². The van der Waals surface area contributed by atoms with Crippen molar-refractivity contribution in [1.82, 2.24) is 5.06 Å². The van der Waals surface area contributed by atoms with Crippen LogP contribution >= 0.6 is 0 Å². The summed E-state index contributed by atoms with van der Waals surface area (Å²) in [6.07, 6.45) is 1.73. The summed E-state index contributed by atoms with van der Waals surface area (Å²) in [5.74, 6) is 0. The van der Waals surface area contributed by atoms with Crippen LogP contribution in [-0.4, -0.2) is 22.0 Å². The third-order valence-electron chi connectivity index (χ3n) is 4.63. The van der Waals surface area contributed by atoms with Crippen LogP contribution in [0.25, 0.3) is 10.8 Å². The van der Waals surface area contributed by atoms with E-state index >= 15 is 0 Å². The fourth-order valence-corrected chi connectivity index (χ4v) is 3.44. The van der Waals surface area contributed by atoms with Crippen molar-refractivity contribution in [3.05, 3.63) is 48.0 Å². The molecule has 3 nitrogen and oxygen atoms in total. The average molecular weight is 295 g/mol. The van der Waals surface area contributed by atoms with Gasteiger partial charge in [0.25, 0.3) is 0 Å². The summed E-state index contributed by atoms with van der Waals surface area (Å²) >= 11 is 0. The average Bonchev–Trinajstić information content (AvgIpc) is 2.65. The molecule has 3 rings (SSSR count). The maximum atomic E-state index is 12.4. The standard InChI is InChI=1S/C19H23N2O/c1-18(2)17(20-19(3,4)21(18)22)13-12-15-10-7-9-14-8-5-6-11-16(14)15/h5-11H,12-13H2,1-4H3. The number of hydroxylamine groups is 2. The second kappa shape index (κ2) is 5.18. The van der Waals surface area contributed by atoms with Crippen LogP contribution in [0.1, 0.15) is 39.7 Å². The molecule has 0 atom stereocenters. The summed E-state index contributed by atoms with van der Waals surface area (Å²) < 4.78 is 0. The molecule has 0 fully saturated rings. The zero-order chi connectivity index (χ0) is 16.0. The summed E-state index contributed by atoms with van der Waals surface area (Å²) in [4.78, 5) is 4.68. The van der Waals surface area contributed by atoms with Gasteiger partial charge < -0.3 is 0 Å². The van der Waals surface area contributed by atoms with Gasteiger partial charge in [0.2, 0.25) is 0 Å². The number of hydrogen-bond donors (Lipinski definition) is 0. The van der Waals surface area contributed by atoms with Crippen LogP contribution in [0.4, 0.5) is 0 Å². The van der Waals surface area contributed by atoms with E-state index in [1.165, 1.54) is 16.3 Å². The van der Waals surface area contributed by atoms with Gasteiger partial charge in [-0.15, -0.1) is 10.3 Å². The molecular weight excluding hydrogens is 272 g/mol. The maximum absolute atomic E-state index is 12.4. The highest BCUT2D eigenvalue weighted by atomic mass is 16.5. The first-order valence-corrected chi connectivity index (χ1v) is 7.86. The number of fused-ring (bicyclic) bond motifs is 1. The Labute approximate surface area is 132 Å². The van der Waals surface area contributed by atoms with Crippen LogP contribution in [0.2, 0.25) is 0 Å². The van der Waals surface area contributed by atoms with Gasteiger partial charge in [0.05, 0.1) is 5.54 Å². The molecule has 0 saturated carbocycles. The lowest BCUT2D eigenvalue weighted by Crippen LogP contribution is -2.49. The van der Waals surface area contributed by atoms with E-state index < -0.39 is 11.2 Å². The highest BCUT2D eigenvalue weighted by Gasteiger charge is 2.47. The SMILES string of the molecule is CC1(C)N=C(CCc2cccc3ccccc23)C(C)(C)N1[O]. The number of aryl methyl sites for hydroxylation is 1. The number of rotatable bonds is 3. The van der Waals surface area contributed by atoms with E-state index in [0.717, 1.165) is 23.6 Å². The van der Waals surface area contributed by atoms with E-state index in [2.05, 4.69) is 47.5 Å². The van der Waals surface area contributed by atoms with E-state index in [0.29, 0.717) is 0 Å². The Balaban J connectivity index is 1.86. The largest absolute Gasteiger partial charge is 0.268 e. The van der Waals surface area contributed by atoms with Crippen molar-refractivity contribution in [2.24, 2.45) is 4.99 Å². The molecule has 2 aromatic rings. The normalized spacial score (nSPS) is 20.3. The van der Waals surface area contributed by atoms with Crippen molar-refractivity contribution in [1.29, 1.82) is 0 Å². The molecule has 2 aromatic carbocycles. The number of hydrogen-bond acceptors (Lipinski definition) is 2. The minimum Gasteiger partial charge on any atom is -0.268 e. The molecule has 1 radical (unpaired) electrons. The minimum atomic E-state index is -0.655. The smallest absolute Gasteiger partial charge is 0.134 e. The molecule has 22 heavy (non-hydrogen) atoms. The Morgan fingerprint density at radius 1 is 0.955 bits per heavy atom. The highest BCUT2D eigenvalue weighted by molar-refractivity contribution is 5.95. The second-order valence-electron chi connectivity index (χ2n) is 7.04. The Morgan fingerprint density at radius 3 is 2.32 bits per heavy atom. The molecule has 115 valence electrons. The van der Waals surface area contributed by atoms with E-state index in [-0.39, 0.29) is 0 Å². The second-order valence-corrected chi connectivity index (χ2v) is 7.04. The van der Waals surface area contributed by atoms with Crippen LogP contribution < -0.4 is 0 Å². The lowest BCUT2D eigenvalue weighted by molar-refractivity contribution is -0.241. The van der Waals surface area contributed by atoms with Crippen LogP contribution in [0.15, 0.2) is 47.5 Å². The first-order valence-electron chi connectivity index (χ1n) is 7.86. The molecular formula is C19H23N2O. The molecule has 0 saturated heterocycles. The summed E-state index contributed by atoms with van der Waals surface area (Å²) in [7, 11) is 0. The molecule has 1 aliphatic heterocycles. The molecule has 0 unspecified atom stereocenters. The Hall–Kier alpha value is -1.71. The predicted octanol–water partition coefficient (Wildman–Crippen LogP) is 4.39. The fraction of sp³-hybridized carbons (Fsp3) is 0.421. The topological polar surface area (TPSA) is 35.5 Å². The first-order chi connectivity index (χ1) is 10.3. The molecule has 0 amide bonds. The fourth-order valence-electron chi connectivity index (χ4n) is 3.44. The maximum Gasteiger partial charge on any atom is 0.134 e. The highest BCUT2D eigenvalue weighted by Crippen LogP contribution is 2.35. The predicted molar refractivity (Wildman–Crippen MR) is 90.4 cm³/mol. The molecule has 1 heterocycles. The van der Waals surface area contributed by atoms with Crippen molar-refractivity contribution < 1.29 is 5.21 Å². The molecule has 3 heteroatoms. The third-order valence-corrected chi connectivity index (χ3v) is 4.63. The third kappa shape index (κ3) is 2.44. The van der Waals surface area contributed by atoms with Crippen molar-refractivity contribution in [2.45, 2.75) is 51.7 Å². The van der Waals surface area contributed by atoms with Crippen LogP contribution in [-0.2, 0) is 11.6 Å². The number of nitrogens with zero attached hydrogens (tertiary/aromatic N) is 2. The van der Waals surface area contributed by atoms with Gasteiger partial charge in [-0.1, -0.05) is 42.5 Å². The van der Waals surface area contributed by atoms with Gasteiger partial charge in [-0.2, -0.15) is 0 Å². The summed E-state index contributed by atoms with van der Waals surface area (Å²) in [6, 6.07) is 14.8. The van der Waals surface area contributed by atoms with Crippen molar-refractivity contribution in [3.63, 3.8) is 0 Å². The van der Waals surface area contributed by atoms with Crippen molar-refractivity contribution in [3.8, 4) is 0 Å². The minimum absolute atomic E-state index is 0.520. The van der Waals surface area contributed by atoms with Gasteiger partial charge in [0, 0.05) is 5.71 Å². The van der Waals surface area contributed by atoms with Crippen molar-refractivity contribution >= 4 is 16.5 Å². The zero-order valence-electron chi connectivity index (χ0n) is 13.8. The Bertz CT molecular complexity index is 726. The van der Waals surface area contributed by atoms with Gasteiger partial charge in [0.1, 0.15) is 5.66 Å². The Morgan fingerprint density at radius 2 is 1.64 bits per heavy atom. The van der Waals surface area contributed by atoms with Gasteiger partial charge in [-0.05, 0) is 56.9 Å². The quantitative estimate of drug-likeness (QED) is 0.827. The summed E-state index contributed by atoms with van der Waals surface area (Å²) in [5.41, 5.74) is 1.14. The Kier molecular flexibility index (Phi) is 3.58. The molecule has 0 aliphatic carbocycles. The molecule has 0 aromatic heterocycles. The zero-order valence-corrected chi connectivity index (χ0v) is 13.8. The van der Waals surface area contributed by atoms with Gasteiger partial charge >= 0.3 is 0 Å². The lowest BCUT2D eigenvalue weighted by Gasteiger charge is -2.31. The summed E-state index contributed by atoms with van der Waals surface area (Å²) in [6.45, 7) is 7.70. The van der Waals surface area contributed by atoms with Crippen molar-refractivity contribution in [2.75, 3.05) is 0 Å². The van der Waals surface area contributed by atoms with E-state index in [4.69, 9.17) is 0 Å². The van der Waals surface area contributed by atoms with Crippen LogP contribution in [0.3, 0.4) is 0 Å². The van der Waals surface area contributed by atoms with E-state index in [1.54, 1.807) is 0 Å². The molecule has 1 aliphatic rings. The van der Waals surface area contributed by atoms with E-state index in [9.17, 15) is 5.21 Å². The molecule has 0 spiro atoms. The lowest BCUT2D eigenvalue weighted by atomic mass is 9.92. The first kappa shape index (κ1) is 15.2. The number of benzene rings is 2. The number of aliphatic imine (C=N–C) groups is 1. The molecule has 0 bridgehead atoms.